The molecule has 0 saturated heterocycles. The molecule has 15 heavy (non-hydrogen) atoms. The number of hydrogen-bond acceptors (Lipinski definition) is 0. The average Bonchev–Trinajstić information content (AvgIpc) is 2.20. The normalized spacial score (nSPS) is 14.1. The zero-order valence-electron chi connectivity index (χ0n) is 10.5. The zero-order valence-corrected chi connectivity index (χ0v) is 11.5. The minimum absolute atomic E-state index is 1.11. The van der Waals surface area contributed by atoms with Crippen LogP contribution >= 0.6 is 0 Å². The van der Waals surface area contributed by atoms with Gasteiger partial charge in [0, 0.05) is 0 Å². The van der Waals surface area contributed by atoms with Crippen LogP contribution in [0.5, 0.6) is 0 Å². The van der Waals surface area contributed by atoms with Crippen molar-refractivity contribution in [3.8, 4) is 0 Å². The molecule has 0 aromatic heterocycles. The summed E-state index contributed by atoms with van der Waals surface area (Å²) in [7, 11) is -1.27. The minimum atomic E-state index is -1.27. The van der Waals surface area contributed by atoms with E-state index in [2.05, 4.69) is 74.8 Å². The Morgan fingerprint density at radius 3 is 1.47 bits per heavy atom. The Morgan fingerprint density at radius 2 is 1.13 bits per heavy atom. The minimum Gasteiger partial charge on any atom is -0.0908 e. The van der Waals surface area contributed by atoms with Gasteiger partial charge in [0.25, 0.3) is 0 Å². The molecule has 0 heterocycles. The first-order chi connectivity index (χ1) is 7.12. The first-order valence-electron chi connectivity index (χ1n) is 5.81. The molecule has 0 fully saturated rings. The van der Waals surface area contributed by atoms with Gasteiger partial charge in [-0.3, -0.25) is 0 Å². The molecule has 0 saturated carbocycles. The summed E-state index contributed by atoms with van der Waals surface area (Å²) < 4.78 is 0. The lowest BCUT2D eigenvalue weighted by Gasteiger charge is -2.09. The van der Waals surface area contributed by atoms with Gasteiger partial charge in [-0.15, -0.1) is 0 Å². The second kappa shape index (κ2) is 8.48. The summed E-state index contributed by atoms with van der Waals surface area (Å²) in [5.74, 6) is 0. The number of hydrogen-bond donors (Lipinski definition) is 0. The highest BCUT2D eigenvalue weighted by molar-refractivity contribution is 6.86. The van der Waals surface area contributed by atoms with Gasteiger partial charge in [0.15, 0.2) is 0 Å². The van der Waals surface area contributed by atoms with Crippen molar-refractivity contribution in [2.45, 2.75) is 39.8 Å². The third-order valence-electron chi connectivity index (χ3n) is 2.02. The lowest BCUT2D eigenvalue weighted by molar-refractivity contribution is 1.22. The van der Waals surface area contributed by atoms with Gasteiger partial charge in [0.1, 0.15) is 0 Å². The van der Waals surface area contributed by atoms with E-state index in [4.69, 9.17) is 0 Å². The van der Waals surface area contributed by atoms with Crippen LogP contribution in [0, 0.1) is 0 Å². The summed E-state index contributed by atoms with van der Waals surface area (Å²) in [6.07, 6.45) is 15.2. The van der Waals surface area contributed by atoms with Crippen molar-refractivity contribution in [2.24, 2.45) is 0 Å². The van der Waals surface area contributed by atoms with Crippen LogP contribution in [0.1, 0.15) is 26.7 Å². The largest absolute Gasteiger partial charge is 0.0954 e. The van der Waals surface area contributed by atoms with Crippen LogP contribution < -0.4 is 0 Å². The molecular weight excluding hydrogens is 196 g/mol. The van der Waals surface area contributed by atoms with E-state index in [0.717, 1.165) is 12.8 Å². The van der Waals surface area contributed by atoms with Crippen LogP contribution in [-0.4, -0.2) is 8.07 Å². The molecule has 84 valence electrons. The van der Waals surface area contributed by atoms with Gasteiger partial charge in [-0.25, -0.2) is 0 Å². The quantitative estimate of drug-likeness (QED) is 0.445. The second-order valence-corrected chi connectivity index (χ2v) is 8.52. The van der Waals surface area contributed by atoms with Crippen LogP contribution in [0.25, 0.3) is 0 Å². The Morgan fingerprint density at radius 1 is 0.733 bits per heavy atom. The lowest BCUT2D eigenvalue weighted by atomic mass is 10.4. The molecule has 0 aliphatic heterocycles. The Hall–Kier alpha value is -0.823. The average molecular weight is 220 g/mol. The van der Waals surface area contributed by atoms with E-state index in [0.29, 0.717) is 0 Å². The fourth-order valence-electron chi connectivity index (χ4n) is 1.09. The van der Waals surface area contributed by atoms with Gasteiger partial charge < -0.3 is 0 Å². The molecule has 0 amide bonds. The van der Waals surface area contributed by atoms with Crippen LogP contribution in [0.3, 0.4) is 0 Å². The highest BCUT2D eigenvalue weighted by atomic mass is 28.3. The van der Waals surface area contributed by atoms with E-state index in [1.165, 1.54) is 0 Å². The monoisotopic (exact) mass is 220 g/mol. The standard InChI is InChI=1S/C14H24Si/c1-5-7-9-11-13-15(3,4)14-12-10-8-6-2/h7-14H,5-6H2,1-4H3. The Labute approximate surface area is 96.1 Å². The van der Waals surface area contributed by atoms with Gasteiger partial charge in [0.05, 0.1) is 8.07 Å². The van der Waals surface area contributed by atoms with Crippen molar-refractivity contribution in [3.63, 3.8) is 0 Å². The molecular formula is C14H24Si. The third-order valence-corrected chi connectivity index (χ3v) is 4.12. The van der Waals surface area contributed by atoms with E-state index >= 15 is 0 Å². The highest BCUT2D eigenvalue weighted by Gasteiger charge is 2.10. The van der Waals surface area contributed by atoms with Crippen molar-refractivity contribution in [3.05, 3.63) is 47.9 Å². The van der Waals surface area contributed by atoms with Crippen molar-refractivity contribution in [1.82, 2.24) is 0 Å². The maximum absolute atomic E-state index is 2.36. The number of allylic oxidation sites excluding steroid dienone is 6. The molecule has 0 atom stereocenters. The van der Waals surface area contributed by atoms with E-state index < -0.39 is 8.07 Å². The lowest BCUT2D eigenvalue weighted by Crippen LogP contribution is -2.18. The summed E-state index contributed by atoms with van der Waals surface area (Å²) in [5, 5.41) is 0. The van der Waals surface area contributed by atoms with Gasteiger partial charge in [-0.05, 0) is 12.8 Å². The molecule has 0 rings (SSSR count). The summed E-state index contributed by atoms with van der Waals surface area (Å²) in [5.41, 5.74) is 4.71. The van der Waals surface area contributed by atoms with Crippen molar-refractivity contribution in [1.29, 1.82) is 0 Å². The first kappa shape index (κ1) is 14.2. The van der Waals surface area contributed by atoms with Gasteiger partial charge in [-0.1, -0.05) is 74.8 Å². The Bertz CT molecular complexity index is 229. The van der Waals surface area contributed by atoms with Crippen LogP contribution in [0.4, 0.5) is 0 Å². The molecule has 1 heteroatoms. The summed E-state index contributed by atoms with van der Waals surface area (Å²) >= 11 is 0. The zero-order chi connectivity index (χ0) is 11.6. The third kappa shape index (κ3) is 9.48. The molecule has 0 aliphatic rings. The van der Waals surface area contributed by atoms with Crippen LogP contribution in [0.2, 0.25) is 13.1 Å². The van der Waals surface area contributed by atoms with E-state index in [9.17, 15) is 0 Å². The summed E-state index contributed by atoms with van der Waals surface area (Å²) in [6, 6.07) is 0. The Balaban J connectivity index is 4.17. The molecule has 0 nitrogen and oxygen atoms in total. The molecule has 0 spiro atoms. The smallest absolute Gasteiger partial charge is 0.0908 e. The fraction of sp³-hybridized carbons (Fsp3) is 0.429. The molecule has 0 bridgehead atoms. The van der Waals surface area contributed by atoms with Crippen LogP contribution in [-0.2, 0) is 0 Å². The van der Waals surface area contributed by atoms with E-state index in [-0.39, 0.29) is 0 Å². The Kier molecular flexibility index (Phi) is 8.02. The molecule has 0 radical (unpaired) electrons. The second-order valence-electron chi connectivity index (χ2n) is 4.21. The maximum atomic E-state index is 2.36. The van der Waals surface area contributed by atoms with Crippen molar-refractivity contribution < 1.29 is 0 Å². The predicted molar refractivity (Wildman–Crippen MR) is 74.6 cm³/mol. The fourth-order valence-corrected chi connectivity index (χ4v) is 2.42. The van der Waals surface area contributed by atoms with Gasteiger partial charge in [0.2, 0.25) is 0 Å². The van der Waals surface area contributed by atoms with Gasteiger partial charge >= 0.3 is 0 Å². The molecule has 0 N–H and O–H groups in total. The van der Waals surface area contributed by atoms with Crippen molar-refractivity contribution in [2.75, 3.05) is 0 Å². The topological polar surface area (TPSA) is 0 Å². The summed E-state index contributed by atoms with van der Waals surface area (Å²) in [6.45, 7) is 9.00. The van der Waals surface area contributed by atoms with Crippen molar-refractivity contribution >= 4 is 8.07 Å². The van der Waals surface area contributed by atoms with E-state index in [1.54, 1.807) is 0 Å². The van der Waals surface area contributed by atoms with Crippen LogP contribution in [0.15, 0.2) is 47.9 Å². The number of rotatable bonds is 6. The SMILES string of the molecule is CCC=CC=C[Si](C)(C)C=CC=CCC. The highest BCUT2D eigenvalue weighted by Crippen LogP contribution is 2.06. The maximum Gasteiger partial charge on any atom is 0.0954 e. The molecule has 0 aliphatic carbocycles. The molecule has 0 aromatic carbocycles. The summed E-state index contributed by atoms with van der Waals surface area (Å²) in [4.78, 5) is 0. The molecule has 0 aromatic rings. The predicted octanol–water partition coefficient (Wildman–Crippen LogP) is 4.82. The van der Waals surface area contributed by atoms with Gasteiger partial charge in [-0.2, -0.15) is 0 Å². The molecule has 0 unspecified atom stereocenters. The van der Waals surface area contributed by atoms with E-state index in [1.807, 2.05) is 0 Å². The first-order valence-corrected chi connectivity index (χ1v) is 8.96.